The van der Waals surface area contributed by atoms with Crippen LogP contribution in [0, 0.1) is 29.1 Å². The maximum absolute atomic E-state index is 14.2. The van der Waals surface area contributed by atoms with Gasteiger partial charge < -0.3 is 35.4 Å². The Labute approximate surface area is 311 Å². The minimum atomic E-state index is -0.893. The van der Waals surface area contributed by atoms with Gasteiger partial charge in [-0.3, -0.25) is 14.4 Å². The van der Waals surface area contributed by atoms with Crippen molar-refractivity contribution in [2.45, 2.75) is 97.2 Å². The van der Waals surface area contributed by atoms with E-state index in [-0.39, 0.29) is 42.5 Å². The van der Waals surface area contributed by atoms with Crippen LogP contribution < -0.4 is 20.3 Å². The number of aliphatic hydroxyl groups excluding tert-OH is 2. The molecule has 4 aliphatic rings. The van der Waals surface area contributed by atoms with Crippen molar-refractivity contribution in [1.82, 2.24) is 20.6 Å². The van der Waals surface area contributed by atoms with Crippen molar-refractivity contribution in [1.29, 1.82) is 0 Å². The zero-order valence-electron chi connectivity index (χ0n) is 33.0. The van der Waals surface area contributed by atoms with Gasteiger partial charge >= 0.3 is 0 Å². The number of fused-ring (bicyclic) bond motifs is 2. The quantitative estimate of drug-likeness (QED) is 0.210. The number of ether oxygens (including phenoxy) is 1. The monoisotopic (exact) mass is 721 g/mol. The molecule has 2 amide bonds. The number of likely N-dealkylation sites (N-methyl/N-ethyl adjacent to an activating group) is 1. The predicted molar refractivity (Wildman–Crippen MR) is 205 cm³/mol. The zero-order chi connectivity index (χ0) is 38.1. The Morgan fingerprint density at radius 2 is 1.87 bits per heavy atom. The van der Waals surface area contributed by atoms with Crippen LogP contribution in [-0.4, -0.2) is 111 Å². The van der Waals surface area contributed by atoms with Gasteiger partial charge in [0.1, 0.15) is 17.9 Å². The molecule has 0 aromatic heterocycles. The molecule has 11 nitrogen and oxygen atoms in total. The molecule has 1 saturated heterocycles. The lowest BCUT2D eigenvalue weighted by Gasteiger charge is -2.62. The molecular formula is C41H63N5O6. The molecule has 2 unspecified atom stereocenters. The second-order valence-electron chi connectivity index (χ2n) is 16.6. The molecule has 2 aromatic carbocycles. The molecule has 4 fully saturated rings. The van der Waals surface area contributed by atoms with Gasteiger partial charge in [0.25, 0.3) is 5.91 Å². The molecule has 9 atom stereocenters. The Morgan fingerprint density at radius 1 is 1.13 bits per heavy atom. The highest BCUT2D eigenvalue weighted by molar-refractivity contribution is 5.97. The molecular weight excluding hydrogens is 658 g/mol. The molecule has 3 aliphatic carbocycles. The highest BCUT2D eigenvalue weighted by atomic mass is 16.7. The summed E-state index contributed by atoms with van der Waals surface area (Å²) < 4.78 is 6.08. The van der Waals surface area contributed by atoms with E-state index < -0.39 is 24.2 Å². The van der Waals surface area contributed by atoms with E-state index in [1.807, 2.05) is 69.5 Å². The number of benzene rings is 2. The number of para-hydroxylation sites is 1. The molecule has 0 radical (unpaired) electrons. The first-order valence-electron chi connectivity index (χ1n) is 19.1. The lowest BCUT2D eigenvalue weighted by Crippen LogP contribution is -2.62. The lowest BCUT2D eigenvalue weighted by molar-refractivity contribution is -0.183. The first-order chi connectivity index (χ1) is 24.6. The van der Waals surface area contributed by atoms with Crippen LogP contribution in [0.4, 0.5) is 5.69 Å². The van der Waals surface area contributed by atoms with Crippen molar-refractivity contribution in [3.8, 4) is 16.9 Å². The largest absolute Gasteiger partial charge is 0.496 e. The molecule has 1 heterocycles. The van der Waals surface area contributed by atoms with Crippen molar-refractivity contribution < 1.29 is 29.4 Å². The fourth-order valence-corrected chi connectivity index (χ4v) is 9.25. The fourth-order valence-electron chi connectivity index (χ4n) is 9.25. The SMILES string of the molecule is CCC[C@@H](CN(C)C)NC(=O)c1cc(-c2cccc(CN3O[C@@H](CO)C([C@H](C)O)C3C(=O)N[C@H]3C[C@H]4C[C@@H]([C@@H]3C)C4(C)C)c2OC)cc(N(C)C)c1. The number of hydroxylamine groups is 2. The van der Waals surface area contributed by atoms with Gasteiger partial charge in [-0.15, -0.1) is 0 Å². The molecule has 3 saturated carbocycles. The molecule has 0 spiro atoms. The number of nitrogens with zero attached hydrogens (tertiary/aromatic N) is 3. The number of nitrogens with one attached hydrogen (secondary N) is 2. The van der Waals surface area contributed by atoms with Crippen LogP contribution in [0.3, 0.4) is 0 Å². The summed E-state index contributed by atoms with van der Waals surface area (Å²) in [5, 5.41) is 29.5. The van der Waals surface area contributed by atoms with E-state index in [9.17, 15) is 19.8 Å². The number of hydrogen-bond donors (Lipinski definition) is 4. The number of hydrogen-bond acceptors (Lipinski definition) is 9. The highest BCUT2D eigenvalue weighted by Gasteiger charge is 2.57. The van der Waals surface area contributed by atoms with Crippen molar-refractivity contribution in [2.75, 3.05) is 53.4 Å². The average molecular weight is 722 g/mol. The minimum absolute atomic E-state index is 0.0227. The maximum atomic E-state index is 14.2. The topological polar surface area (TPSA) is 127 Å². The Balaban J connectivity index is 1.45. The van der Waals surface area contributed by atoms with Crippen molar-refractivity contribution in [3.05, 3.63) is 47.5 Å². The summed E-state index contributed by atoms with van der Waals surface area (Å²) >= 11 is 0. The van der Waals surface area contributed by atoms with Crippen LogP contribution in [0.1, 0.15) is 76.2 Å². The number of aliphatic hydroxyl groups is 2. The number of carbonyl (C=O) groups is 2. The standard InChI is InChI=1S/C41H63N5O6/c1-11-13-30(22-44(6)7)42-39(49)28-16-27(17-31(18-28)45(8)9)32-15-12-14-26(38(32)51-10)21-46-37(36(25(3)48)35(23-47)52-46)40(50)43-34-20-29-19-33(24(34)2)41(29,4)5/h12,14-18,24-25,29-30,33-37,47-48H,11,13,19-23H2,1-10H3,(H,42,49)(H,43,50)/t24-,25-,29+,30-,33-,34-,35-,36?,37?/m0/s1. The fraction of sp³-hybridized carbons (Fsp3) is 0.659. The summed E-state index contributed by atoms with van der Waals surface area (Å²) in [6, 6.07) is 10.9. The molecule has 288 valence electrons. The maximum Gasteiger partial charge on any atom is 0.251 e. The van der Waals surface area contributed by atoms with Gasteiger partial charge in [0.05, 0.1) is 26.4 Å². The Hall–Kier alpha value is -3.22. The van der Waals surface area contributed by atoms with Crippen LogP contribution in [0.2, 0.25) is 0 Å². The number of methoxy groups -OCH3 is 1. The van der Waals surface area contributed by atoms with E-state index in [4.69, 9.17) is 9.57 Å². The predicted octanol–water partition coefficient (Wildman–Crippen LogP) is 4.55. The van der Waals surface area contributed by atoms with Gasteiger partial charge in [0.15, 0.2) is 0 Å². The van der Waals surface area contributed by atoms with E-state index in [0.29, 0.717) is 29.1 Å². The molecule has 11 heteroatoms. The first-order valence-corrected chi connectivity index (χ1v) is 19.1. The molecule has 4 N–H and O–H groups in total. The number of amides is 2. The van der Waals surface area contributed by atoms with Crippen LogP contribution in [-0.2, 0) is 16.2 Å². The third-order valence-corrected chi connectivity index (χ3v) is 12.3. The third kappa shape index (κ3) is 8.14. The second-order valence-corrected chi connectivity index (χ2v) is 16.6. The van der Waals surface area contributed by atoms with Gasteiger partial charge in [-0.2, -0.15) is 5.06 Å². The van der Waals surface area contributed by atoms with Crippen LogP contribution >= 0.6 is 0 Å². The van der Waals surface area contributed by atoms with Gasteiger partial charge in [0, 0.05) is 61.0 Å². The van der Waals surface area contributed by atoms with E-state index in [1.165, 1.54) is 6.42 Å². The molecule has 2 bridgehead atoms. The summed E-state index contributed by atoms with van der Waals surface area (Å²) in [6.07, 6.45) is 2.34. The van der Waals surface area contributed by atoms with Gasteiger partial charge in [-0.05, 0) is 87.2 Å². The number of carbonyl (C=O) groups excluding carboxylic acids is 2. The molecule has 1 aliphatic heterocycles. The summed E-state index contributed by atoms with van der Waals surface area (Å²) in [4.78, 5) is 38.3. The summed E-state index contributed by atoms with van der Waals surface area (Å²) in [7, 11) is 9.53. The van der Waals surface area contributed by atoms with Crippen LogP contribution in [0.5, 0.6) is 5.75 Å². The molecule has 2 aromatic rings. The number of rotatable bonds is 15. The van der Waals surface area contributed by atoms with Gasteiger partial charge in [-0.25, -0.2) is 0 Å². The van der Waals surface area contributed by atoms with Crippen molar-refractivity contribution in [3.63, 3.8) is 0 Å². The third-order valence-electron chi connectivity index (χ3n) is 12.3. The minimum Gasteiger partial charge on any atom is -0.496 e. The van der Waals surface area contributed by atoms with E-state index >= 15 is 0 Å². The van der Waals surface area contributed by atoms with Gasteiger partial charge in [0.2, 0.25) is 5.91 Å². The number of anilines is 1. The lowest BCUT2D eigenvalue weighted by atomic mass is 9.45. The van der Waals surface area contributed by atoms with Crippen molar-refractivity contribution in [2.24, 2.45) is 29.1 Å². The zero-order valence-corrected chi connectivity index (χ0v) is 33.0. The smallest absolute Gasteiger partial charge is 0.251 e. The first kappa shape index (κ1) is 40.0. The van der Waals surface area contributed by atoms with E-state index in [2.05, 4.69) is 43.2 Å². The van der Waals surface area contributed by atoms with E-state index in [0.717, 1.165) is 48.2 Å². The van der Waals surface area contributed by atoms with Gasteiger partial charge in [-0.1, -0.05) is 52.3 Å². The summed E-state index contributed by atoms with van der Waals surface area (Å²) in [5.74, 6) is 1.11. The molecule has 6 rings (SSSR count). The highest BCUT2D eigenvalue weighted by Crippen LogP contribution is 2.61. The average Bonchev–Trinajstić information content (AvgIpc) is 3.47. The van der Waals surface area contributed by atoms with E-state index in [1.54, 1.807) is 19.1 Å². The second kappa shape index (κ2) is 16.4. The summed E-state index contributed by atoms with van der Waals surface area (Å²) in [5.41, 5.74) is 4.09. The van der Waals surface area contributed by atoms with Crippen LogP contribution in [0.15, 0.2) is 36.4 Å². The summed E-state index contributed by atoms with van der Waals surface area (Å²) in [6.45, 7) is 11.3. The molecule has 52 heavy (non-hydrogen) atoms. The Kier molecular flexibility index (Phi) is 12.6. The Morgan fingerprint density at radius 3 is 2.44 bits per heavy atom. The normalized spacial score (nSPS) is 27.8. The Bertz CT molecular complexity index is 1560. The van der Waals surface area contributed by atoms with Crippen LogP contribution in [0.25, 0.3) is 11.1 Å². The van der Waals surface area contributed by atoms with Crippen molar-refractivity contribution >= 4 is 17.5 Å².